The van der Waals surface area contributed by atoms with Crippen LogP contribution in [0.4, 0.5) is 0 Å². The number of rotatable bonds is 4. The second kappa shape index (κ2) is 6.85. The van der Waals surface area contributed by atoms with E-state index < -0.39 is 12.0 Å². The van der Waals surface area contributed by atoms with E-state index in [2.05, 4.69) is 5.32 Å². The van der Waals surface area contributed by atoms with Gasteiger partial charge in [-0.05, 0) is 24.3 Å². The minimum Gasteiger partial charge on any atom is -0.479 e. The maximum atomic E-state index is 12.3. The lowest BCUT2D eigenvalue weighted by Gasteiger charge is -2.22. The molecular formula is C14H20N2O3S. The molecule has 1 fully saturated rings. The Labute approximate surface area is 122 Å². The zero-order valence-electron chi connectivity index (χ0n) is 11.2. The maximum Gasteiger partial charge on any atom is 0.331 e. The van der Waals surface area contributed by atoms with Gasteiger partial charge in [0.25, 0.3) is 0 Å². The molecule has 2 rings (SSSR count). The summed E-state index contributed by atoms with van der Waals surface area (Å²) in [5.41, 5.74) is 6.04. The molecule has 1 aromatic rings. The molecule has 110 valence electrons. The Morgan fingerprint density at radius 3 is 2.75 bits per heavy atom. The van der Waals surface area contributed by atoms with Crippen LogP contribution in [0.3, 0.4) is 0 Å². The summed E-state index contributed by atoms with van der Waals surface area (Å²) in [6, 6.07) is 2.35. The van der Waals surface area contributed by atoms with Crippen molar-refractivity contribution in [1.29, 1.82) is 0 Å². The molecule has 3 unspecified atom stereocenters. The minimum absolute atomic E-state index is 0.171. The number of nitrogens with two attached hydrogens (primary N) is 1. The molecule has 0 spiro atoms. The molecule has 1 amide bonds. The first kappa shape index (κ1) is 15.0. The fourth-order valence-electron chi connectivity index (χ4n) is 2.62. The number of amides is 1. The van der Waals surface area contributed by atoms with Gasteiger partial charge < -0.3 is 16.2 Å². The zero-order valence-corrected chi connectivity index (χ0v) is 12.1. The number of carboxylic acids is 1. The highest BCUT2D eigenvalue weighted by molar-refractivity contribution is 7.10. The summed E-state index contributed by atoms with van der Waals surface area (Å²) in [6.45, 7) is 0. The van der Waals surface area contributed by atoms with Crippen LogP contribution in [0.15, 0.2) is 17.5 Å². The molecule has 4 N–H and O–H groups in total. The SMILES string of the molecule is NC1CCCCCC1C(=O)NC(C(=O)O)c1cccs1. The highest BCUT2D eigenvalue weighted by Crippen LogP contribution is 2.25. The molecule has 0 saturated heterocycles. The highest BCUT2D eigenvalue weighted by atomic mass is 32.1. The van der Waals surface area contributed by atoms with Gasteiger partial charge in [-0.25, -0.2) is 4.79 Å². The number of aliphatic carboxylic acids is 1. The largest absolute Gasteiger partial charge is 0.479 e. The van der Waals surface area contributed by atoms with Crippen molar-refractivity contribution in [1.82, 2.24) is 5.32 Å². The van der Waals surface area contributed by atoms with Crippen LogP contribution in [0.1, 0.15) is 43.0 Å². The van der Waals surface area contributed by atoms with E-state index in [9.17, 15) is 14.7 Å². The van der Waals surface area contributed by atoms with Crippen LogP contribution >= 0.6 is 11.3 Å². The van der Waals surface area contributed by atoms with Crippen LogP contribution in [-0.4, -0.2) is 23.0 Å². The number of carbonyl (C=O) groups is 2. The number of thiophene rings is 1. The molecule has 1 aromatic heterocycles. The predicted molar refractivity (Wildman–Crippen MR) is 77.4 cm³/mol. The molecule has 3 atom stereocenters. The van der Waals surface area contributed by atoms with E-state index in [0.717, 1.165) is 32.1 Å². The average Bonchev–Trinajstić information content (AvgIpc) is 2.84. The number of nitrogens with one attached hydrogen (secondary N) is 1. The Bertz CT molecular complexity index is 461. The average molecular weight is 296 g/mol. The van der Waals surface area contributed by atoms with Crippen molar-refractivity contribution in [3.8, 4) is 0 Å². The van der Waals surface area contributed by atoms with Gasteiger partial charge in [-0.2, -0.15) is 0 Å². The number of hydrogen-bond acceptors (Lipinski definition) is 4. The van der Waals surface area contributed by atoms with Crippen molar-refractivity contribution < 1.29 is 14.7 Å². The normalized spacial score (nSPS) is 24.6. The monoisotopic (exact) mass is 296 g/mol. The third-order valence-corrected chi connectivity index (χ3v) is 4.70. The minimum atomic E-state index is -1.04. The van der Waals surface area contributed by atoms with E-state index in [1.54, 1.807) is 17.5 Å². The second-order valence-electron chi connectivity index (χ2n) is 5.20. The summed E-state index contributed by atoms with van der Waals surface area (Å²) in [7, 11) is 0. The Kier molecular flexibility index (Phi) is 5.14. The third kappa shape index (κ3) is 3.58. The first-order chi connectivity index (χ1) is 9.59. The van der Waals surface area contributed by atoms with Crippen molar-refractivity contribution >= 4 is 23.2 Å². The van der Waals surface area contributed by atoms with Gasteiger partial charge in [0, 0.05) is 10.9 Å². The number of carbonyl (C=O) groups excluding carboxylic acids is 1. The molecule has 1 aliphatic rings. The summed E-state index contributed by atoms with van der Waals surface area (Å²) < 4.78 is 0. The molecule has 20 heavy (non-hydrogen) atoms. The Morgan fingerprint density at radius 2 is 2.10 bits per heavy atom. The van der Waals surface area contributed by atoms with Gasteiger partial charge in [-0.3, -0.25) is 4.79 Å². The van der Waals surface area contributed by atoms with E-state index >= 15 is 0 Å². The smallest absolute Gasteiger partial charge is 0.331 e. The third-order valence-electron chi connectivity index (χ3n) is 3.77. The molecular weight excluding hydrogens is 276 g/mol. The van der Waals surface area contributed by atoms with Gasteiger partial charge >= 0.3 is 5.97 Å². The van der Waals surface area contributed by atoms with Crippen LogP contribution in [0.2, 0.25) is 0 Å². The van der Waals surface area contributed by atoms with Gasteiger partial charge in [-0.1, -0.05) is 25.3 Å². The molecule has 1 aliphatic carbocycles. The maximum absolute atomic E-state index is 12.3. The standard InChI is InChI=1S/C14H20N2O3S/c15-10-6-3-1-2-5-9(10)13(17)16-12(14(18)19)11-7-4-8-20-11/h4,7-10,12H,1-3,5-6,15H2,(H,16,17)(H,18,19). The Hall–Kier alpha value is -1.40. The van der Waals surface area contributed by atoms with Gasteiger partial charge in [0.15, 0.2) is 6.04 Å². The lowest BCUT2D eigenvalue weighted by atomic mass is 9.94. The van der Waals surface area contributed by atoms with E-state index in [0.29, 0.717) is 4.88 Å². The summed E-state index contributed by atoms with van der Waals surface area (Å²) >= 11 is 1.33. The quantitative estimate of drug-likeness (QED) is 0.740. The topological polar surface area (TPSA) is 92.4 Å². The zero-order chi connectivity index (χ0) is 14.5. The lowest BCUT2D eigenvalue weighted by Crippen LogP contribution is -2.44. The van der Waals surface area contributed by atoms with Crippen LogP contribution in [0.25, 0.3) is 0 Å². The van der Waals surface area contributed by atoms with E-state index in [-0.39, 0.29) is 17.9 Å². The first-order valence-electron chi connectivity index (χ1n) is 6.91. The fourth-order valence-corrected chi connectivity index (χ4v) is 3.39. The summed E-state index contributed by atoms with van der Waals surface area (Å²) in [5, 5.41) is 13.7. The molecule has 1 heterocycles. The second-order valence-corrected chi connectivity index (χ2v) is 6.18. The number of hydrogen-bond donors (Lipinski definition) is 3. The van der Waals surface area contributed by atoms with Crippen molar-refractivity contribution in [2.75, 3.05) is 0 Å². The van der Waals surface area contributed by atoms with E-state index in [1.165, 1.54) is 11.3 Å². The first-order valence-corrected chi connectivity index (χ1v) is 7.79. The van der Waals surface area contributed by atoms with Crippen LogP contribution in [0, 0.1) is 5.92 Å². The molecule has 5 nitrogen and oxygen atoms in total. The predicted octanol–water partition coefficient (Wildman–Crippen LogP) is 1.90. The van der Waals surface area contributed by atoms with Gasteiger partial charge in [0.05, 0.1) is 5.92 Å². The van der Waals surface area contributed by atoms with Crippen LogP contribution in [0.5, 0.6) is 0 Å². The highest BCUT2D eigenvalue weighted by Gasteiger charge is 2.31. The van der Waals surface area contributed by atoms with Crippen LogP contribution in [-0.2, 0) is 9.59 Å². The van der Waals surface area contributed by atoms with Crippen molar-refractivity contribution in [2.45, 2.75) is 44.2 Å². The molecule has 0 aliphatic heterocycles. The fraction of sp³-hybridized carbons (Fsp3) is 0.571. The lowest BCUT2D eigenvalue weighted by molar-refractivity contribution is -0.142. The number of carboxylic acid groups (broad SMARTS) is 1. The molecule has 0 aromatic carbocycles. The van der Waals surface area contributed by atoms with Gasteiger partial charge in [-0.15, -0.1) is 11.3 Å². The molecule has 6 heteroatoms. The summed E-state index contributed by atoms with van der Waals surface area (Å²) in [5.74, 6) is -1.55. The van der Waals surface area contributed by atoms with Gasteiger partial charge in [0.1, 0.15) is 0 Å². The summed E-state index contributed by atoms with van der Waals surface area (Å²) in [4.78, 5) is 24.3. The Morgan fingerprint density at radius 1 is 1.35 bits per heavy atom. The van der Waals surface area contributed by atoms with E-state index in [4.69, 9.17) is 5.73 Å². The molecule has 1 saturated carbocycles. The van der Waals surface area contributed by atoms with Crippen molar-refractivity contribution in [2.24, 2.45) is 11.7 Å². The van der Waals surface area contributed by atoms with Crippen molar-refractivity contribution in [3.63, 3.8) is 0 Å². The summed E-state index contributed by atoms with van der Waals surface area (Å²) in [6.07, 6.45) is 4.67. The Balaban J connectivity index is 2.06. The molecule has 0 radical (unpaired) electrons. The van der Waals surface area contributed by atoms with Gasteiger partial charge in [0.2, 0.25) is 5.91 Å². The van der Waals surface area contributed by atoms with E-state index in [1.807, 2.05) is 0 Å². The van der Waals surface area contributed by atoms with Crippen LogP contribution < -0.4 is 11.1 Å². The molecule has 0 bridgehead atoms. The van der Waals surface area contributed by atoms with Crippen molar-refractivity contribution in [3.05, 3.63) is 22.4 Å².